The van der Waals surface area contributed by atoms with Crippen molar-refractivity contribution in [1.29, 1.82) is 0 Å². The Kier molecular flexibility index (Phi) is 5.18. The molecule has 0 radical (unpaired) electrons. The first-order valence-corrected chi connectivity index (χ1v) is 11.0. The summed E-state index contributed by atoms with van der Waals surface area (Å²) in [6.45, 7) is 2.56. The molecule has 6 nitrogen and oxygen atoms in total. The maximum Gasteiger partial charge on any atom is 0.259 e. The summed E-state index contributed by atoms with van der Waals surface area (Å²) in [5, 5.41) is 3.61. The molecule has 0 aliphatic carbocycles. The number of aromatic amines is 1. The normalized spacial score (nSPS) is 11.3. The van der Waals surface area contributed by atoms with Crippen LogP contribution in [0.5, 0.6) is 5.75 Å². The van der Waals surface area contributed by atoms with Crippen LogP contribution in [0.3, 0.4) is 0 Å². The predicted octanol–water partition coefficient (Wildman–Crippen LogP) is 4.91. The number of hydrogen-bond acceptors (Lipinski definition) is 6. The summed E-state index contributed by atoms with van der Waals surface area (Å²) < 4.78 is 6.97. The van der Waals surface area contributed by atoms with Crippen molar-refractivity contribution in [2.45, 2.75) is 19.8 Å². The fraction of sp³-hybridized carbons (Fsp3) is 0.167. The van der Waals surface area contributed by atoms with E-state index in [-0.39, 0.29) is 5.56 Å². The lowest BCUT2D eigenvalue weighted by atomic mass is 10.1. The third kappa shape index (κ3) is 4.18. The number of ether oxygens (including phenoxy) is 1. The quantitative estimate of drug-likeness (QED) is 0.389. The van der Waals surface area contributed by atoms with E-state index in [0.29, 0.717) is 34.8 Å². The second-order valence-electron chi connectivity index (χ2n) is 7.38. The van der Waals surface area contributed by atoms with Gasteiger partial charge >= 0.3 is 0 Å². The smallest absolute Gasteiger partial charge is 0.259 e. The lowest BCUT2D eigenvalue weighted by Gasteiger charge is -2.08. The van der Waals surface area contributed by atoms with E-state index in [2.05, 4.69) is 26.0 Å². The largest absolute Gasteiger partial charge is 0.494 e. The molecular weight excluding hydrogens is 408 g/mol. The number of aromatic nitrogens is 4. The number of aryl methyl sites for hydroxylation is 2. The van der Waals surface area contributed by atoms with Crippen LogP contribution in [0.25, 0.3) is 32.5 Å². The molecule has 0 bridgehead atoms. The van der Waals surface area contributed by atoms with Crippen LogP contribution in [0.15, 0.2) is 65.0 Å². The number of thiophene rings is 1. The van der Waals surface area contributed by atoms with Gasteiger partial charge < -0.3 is 9.72 Å². The van der Waals surface area contributed by atoms with E-state index < -0.39 is 0 Å². The number of hydrogen-bond donors (Lipinski definition) is 1. The van der Waals surface area contributed by atoms with Crippen LogP contribution in [-0.2, 0) is 6.42 Å². The van der Waals surface area contributed by atoms with Gasteiger partial charge in [0.05, 0.1) is 22.2 Å². The third-order valence-electron chi connectivity index (χ3n) is 5.10. The molecule has 0 unspecified atom stereocenters. The summed E-state index contributed by atoms with van der Waals surface area (Å²) in [6.07, 6.45) is 5.44. The zero-order valence-electron chi connectivity index (χ0n) is 17.0. The fourth-order valence-electron chi connectivity index (χ4n) is 3.55. The summed E-state index contributed by atoms with van der Waals surface area (Å²) in [6, 6.07) is 13.5. The van der Waals surface area contributed by atoms with Crippen molar-refractivity contribution >= 4 is 32.3 Å². The van der Waals surface area contributed by atoms with Gasteiger partial charge in [0.25, 0.3) is 5.56 Å². The number of fused-ring (bicyclic) bond motifs is 2. The Hall–Kier alpha value is -3.58. The maximum absolute atomic E-state index is 12.7. The molecule has 0 atom stereocenters. The second-order valence-corrected chi connectivity index (χ2v) is 8.33. The van der Waals surface area contributed by atoms with Gasteiger partial charge in [0.1, 0.15) is 11.4 Å². The average molecular weight is 429 g/mol. The molecular formula is C24H20N4O2S. The van der Waals surface area contributed by atoms with Crippen LogP contribution < -0.4 is 10.3 Å². The molecule has 5 aromatic rings. The molecule has 0 saturated heterocycles. The summed E-state index contributed by atoms with van der Waals surface area (Å²) in [5.41, 5.74) is 3.33. The number of benzene rings is 1. The molecule has 31 heavy (non-hydrogen) atoms. The molecule has 5 rings (SSSR count). The Bertz CT molecular complexity index is 1440. The standard InChI is InChI=1S/C24H20N4O2S/c1-15-11-16(6-8-25-15)3-2-9-30-18-4-5-20-19(13-18)24(29)28-23(27-20)21-12-17-7-10-31-22(17)14-26-21/h4-8,10-14H,2-3,9H2,1H3,(H,27,28,29). The minimum Gasteiger partial charge on any atom is -0.494 e. The Labute approximate surface area is 182 Å². The maximum atomic E-state index is 12.7. The van der Waals surface area contributed by atoms with Gasteiger partial charge in [-0.2, -0.15) is 0 Å². The van der Waals surface area contributed by atoms with Crippen molar-refractivity contribution in [3.8, 4) is 17.3 Å². The molecule has 0 fully saturated rings. The van der Waals surface area contributed by atoms with Crippen LogP contribution in [0.2, 0.25) is 0 Å². The summed E-state index contributed by atoms with van der Waals surface area (Å²) in [4.78, 5) is 28.8. The molecule has 0 aliphatic rings. The predicted molar refractivity (Wildman–Crippen MR) is 124 cm³/mol. The monoisotopic (exact) mass is 428 g/mol. The van der Waals surface area contributed by atoms with Crippen molar-refractivity contribution in [2.75, 3.05) is 6.61 Å². The van der Waals surface area contributed by atoms with Crippen LogP contribution >= 0.6 is 11.3 Å². The number of pyridine rings is 2. The summed E-state index contributed by atoms with van der Waals surface area (Å²) in [7, 11) is 0. The number of H-pyrrole nitrogens is 1. The van der Waals surface area contributed by atoms with Gasteiger partial charge in [-0.1, -0.05) is 0 Å². The summed E-state index contributed by atoms with van der Waals surface area (Å²) in [5.74, 6) is 1.13. The highest BCUT2D eigenvalue weighted by molar-refractivity contribution is 7.17. The molecule has 7 heteroatoms. The van der Waals surface area contributed by atoms with Crippen molar-refractivity contribution in [2.24, 2.45) is 0 Å². The lowest BCUT2D eigenvalue weighted by Crippen LogP contribution is -2.10. The number of nitrogens with one attached hydrogen (secondary N) is 1. The van der Waals surface area contributed by atoms with Crippen LogP contribution in [0.1, 0.15) is 17.7 Å². The minimum absolute atomic E-state index is 0.204. The van der Waals surface area contributed by atoms with E-state index >= 15 is 0 Å². The Morgan fingerprint density at radius 3 is 2.94 bits per heavy atom. The number of rotatable bonds is 6. The molecule has 1 aromatic carbocycles. The first-order chi connectivity index (χ1) is 15.2. The highest BCUT2D eigenvalue weighted by Gasteiger charge is 2.09. The van der Waals surface area contributed by atoms with E-state index in [1.54, 1.807) is 17.4 Å². The molecule has 154 valence electrons. The average Bonchev–Trinajstić information content (AvgIpc) is 3.25. The first-order valence-electron chi connectivity index (χ1n) is 10.1. The molecule has 4 aromatic heterocycles. The Morgan fingerprint density at radius 1 is 1.10 bits per heavy atom. The zero-order chi connectivity index (χ0) is 21.2. The topological polar surface area (TPSA) is 80.8 Å². The van der Waals surface area contributed by atoms with Crippen molar-refractivity contribution in [3.05, 3.63) is 81.8 Å². The van der Waals surface area contributed by atoms with E-state index in [0.717, 1.165) is 28.6 Å². The van der Waals surface area contributed by atoms with Gasteiger partial charge in [0.15, 0.2) is 5.82 Å². The zero-order valence-corrected chi connectivity index (χ0v) is 17.8. The molecule has 0 saturated carbocycles. The lowest BCUT2D eigenvalue weighted by molar-refractivity contribution is 0.311. The minimum atomic E-state index is -0.204. The summed E-state index contributed by atoms with van der Waals surface area (Å²) >= 11 is 1.63. The number of nitrogens with zero attached hydrogens (tertiary/aromatic N) is 3. The molecule has 4 heterocycles. The van der Waals surface area contributed by atoms with E-state index in [1.165, 1.54) is 5.56 Å². The van der Waals surface area contributed by atoms with Gasteiger partial charge in [-0.25, -0.2) is 4.98 Å². The van der Waals surface area contributed by atoms with Crippen molar-refractivity contribution < 1.29 is 4.74 Å². The highest BCUT2D eigenvalue weighted by Crippen LogP contribution is 2.24. The van der Waals surface area contributed by atoms with Crippen LogP contribution in [0, 0.1) is 6.92 Å². The molecule has 0 amide bonds. The second kappa shape index (κ2) is 8.28. The highest BCUT2D eigenvalue weighted by atomic mass is 32.1. The van der Waals surface area contributed by atoms with E-state index in [9.17, 15) is 4.79 Å². The van der Waals surface area contributed by atoms with Gasteiger partial charge in [-0.05, 0) is 78.6 Å². The SMILES string of the molecule is Cc1cc(CCCOc2ccc3nc(-c4cc5ccsc5cn4)[nH]c(=O)c3c2)ccn1. The Balaban J connectivity index is 1.32. The van der Waals surface area contributed by atoms with Gasteiger partial charge in [-0.15, -0.1) is 11.3 Å². The van der Waals surface area contributed by atoms with Crippen molar-refractivity contribution in [3.63, 3.8) is 0 Å². The Morgan fingerprint density at radius 2 is 2.03 bits per heavy atom. The molecule has 1 N–H and O–H groups in total. The van der Waals surface area contributed by atoms with Gasteiger partial charge in [0.2, 0.25) is 0 Å². The molecule has 0 aliphatic heterocycles. The third-order valence-corrected chi connectivity index (χ3v) is 5.97. The van der Waals surface area contributed by atoms with E-state index in [1.807, 2.05) is 55.0 Å². The van der Waals surface area contributed by atoms with Crippen LogP contribution in [0.4, 0.5) is 0 Å². The van der Waals surface area contributed by atoms with Crippen molar-refractivity contribution in [1.82, 2.24) is 19.9 Å². The van der Waals surface area contributed by atoms with E-state index in [4.69, 9.17) is 4.74 Å². The van der Waals surface area contributed by atoms with Crippen LogP contribution in [-0.4, -0.2) is 26.5 Å². The molecule has 0 spiro atoms. The van der Waals surface area contributed by atoms with Gasteiger partial charge in [-0.3, -0.25) is 14.8 Å². The van der Waals surface area contributed by atoms with Gasteiger partial charge in [0, 0.05) is 18.1 Å². The first kappa shape index (κ1) is 19.4. The fourth-order valence-corrected chi connectivity index (χ4v) is 4.29.